The van der Waals surface area contributed by atoms with Gasteiger partial charge in [-0.1, -0.05) is 6.58 Å². The lowest BCUT2D eigenvalue weighted by Crippen LogP contribution is -2.42. The Morgan fingerprint density at radius 2 is 1.81 bits per heavy atom. The van der Waals surface area contributed by atoms with E-state index in [9.17, 15) is 9.59 Å². The molecule has 26 heavy (non-hydrogen) atoms. The molecule has 144 valence electrons. The van der Waals surface area contributed by atoms with E-state index in [0.29, 0.717) is 37.0 Å². The maximum absolute atomic E-state index is 12.4. The molecule has 0 saturated heterocycles. The highest BCUT2D eigenvalue weighted by molar-refractivity contribution is 5.89. The van der Waals surface area contributed by atoms with Gasteiger partial charge < -0.3 is 23.7 Å². The number of carbonyl (C=O) groups is 2. The van der Waals surface area contributed by atoms with E-state index in [0.717, 1.165) is 0 Å². The monoisotopic (exact) mass is 365 g/mol. The van der Waals surface area contributed by atoms with Crippen LogP contribution >= 0.6 is 0 Å². The Hall–Kier alpha value is -2.51. The van der Waals surface area contributed by atoms with Gasteiger partial charge in [0, 0.05) is 13.1 Å². The van der Waals surface area contributed by atoms with E-state index >= 15 is 0 Å². The first-order chi connectivity index (χ1) is 12.2. The number of rotatable bonds is 5. The van der Waals surface area contributed by atoms with Crippen LogP contribution in [-0.2, 0) is 27.3 Å². The van der Waals surface area contributed by atoms with Gasteiger partial charge in [-0.15, -0.1) is 0 Å². The number of amides is 1. The van der Waals surface area contributed by atoms with E-state index in [2.05, 4.69) is 11.6 Å². The molecule has 8 nitrogen and oxygen atoms in total. The third-order valence-corrected chi connectivity index (χ3v) is 3.70. The molecule has 0 aromatic carbocycles. The van der Waals surface area contributed by atoms with Crippen LogP contribution in [0.1, 0.15) is 56.6 Å². The summed E-state index contributed by atoms with van der Waals surface area (Å²) in [6, 6.07) is 0. The second-order valence-corrected chi connectivity index (χ2v) is 6.86. The van der Waals surface area contributed by atoms with E-state index in [1.807, 2.05) is 32.3 Å². The number of esters is 1. The van der Waals surface area contributed by atoms with Gasteiger partial charge in [0.2, 0.25) is 0 Å². The summed E-state index contributed by atoms with van der Waals surface area (Å²) < 4.78 is 17.8. The highest BCUT2D eigenvalue weighted by atomic mass is 16.6. The van der Waals surface area contributed by atoms with Crippen molar-refractivity contribution >= 4 is 17.8 Å². The predicted octanol–water partition coefficient (Wildman–Crippen LogP) is 2.82. The highest BCUT2D eigenvalue weighted by Crippen LogP contribution is 2.25. The topological polar surface area (TPSA) is 82.9 Å². The maximum Gasteiger partial charge on any atom is 0.410 e. The zero-order chi connectivity index (χ0) is 19.5. The summed E-state index contributed by atoms with van der Waals surface area (Å²) in [5.74, 6) is 0.335. The van der Waals surface area contributed by atoms with E-state index < -0.39 is 17.7 Å². The standard InChI is InChI=1S/C18H27N3O5/c1-7-24-12(3)15-19-14(16(22)25-8-2)13-11-20(9-10-21(13)15)17(23)26-18(4,5)6/h3,7-11H2,1-2,4-6H3. The number of imidazole rings is 1. The van der Waals surface area contributed by atoms with Gasteiger partial charge in [0.1, 0.15) is 5.60 Å². The number of carbonyl (C=O) groups excluding carboxylic acids is 2. The van der Waals surface area contributed by atoms with E-state index in [-0.39, 0.29) is 18.8 Å². The third-order valence-electron chi connectivity index (χ3n) is 3.70. The first kappa shape index (κ1) is 19.8. The number of hydrogen-bond donors (Lipinski definition) is 0. The molecule has 1 amide bonds. The molecule has 0 bridgehead atoms. The molecular weight excluding hydrogens is 338 g/mol. The van der Waals surface area contributed by atoms with E-state index in [1.54, 1.807) is 11.8 Å². The molecule has 2 rings (SSSR count). The predicted molar refractivity (Wildman–Crippen MR) is 95.5 cm³/mol. The van der Waals surface area contributed by atoms with Crippen LogP contribution in [0.25, 0.3) is 5.76 Å². The molecule has 2 heterocycles. The smallest absolute Gasteiger partial charge is 0.410 e. The average Bonchev–Trinajstić information content (AvgIpc) is 2.92. The quantitative estimate of drug-likeness (QED) is 0.589. The van der Waals surface area contributed by atoms with Gasteiger partial charge in [0.25, 0.3) is 0 Å². The van der Waals surface area contributed by atoms with Crippen molar-refractivity contribution in [3.8, 4) is 0 Å². The normalized spacial score (nSPS) is 13.8. The van der Waals surface area contributed by atoms with Crippen LogP contribution in [0.2, 0.25) is 0 Å². The van der Waals surface area contributed by atoms with Gasteiger partial charge in [-0.2, -0.15) is 0 Å². The van der Waals surface area contributed by atoms with Crippen molar-refractivity contribution < 1.29 is 23.8 Å². The molecule has 0 aliphatic carbocycles. The molecule has 0 saturated carbocycles. The van der Waals surface area contributed by atoms with Gasteiger partial charge in [0.15, 0.2) is 17.3 Å². The fraction of sp³-hybridized carbons (Fsp3) is 0.611. The van der Waals surface area contributed by atoms with Crippen molar-refractivity contribution in [2.24, 2.45) is 0 Å². The molecule has 0 radical (unpaired) electrons. The minimum atomic E-state index is -0.590. The Labute approximate surface area is 153 Å². The molecule has 0 unspecified atom stereocenters. The lowest BCUT2D eigenvalue weighted by Gasteiger charge is -2.31. The Kier molecular flexibility index (Phi) is 5.94. The minimum Gasteiger partial charge on any atom is -0.491 e. The highest BCUT2D eigenvalue weighted by Gasteiger charge is 2.32. The lowest BCUT2D eigenvalue weighted by atomic mass is 10.2. The minimum absolute atomic E-state index is 0.177. The summed E-state index contributed by atoms with van der Waals surface area (Å²) in [5, 5.41) is 0. The summed E-state index contributed by atoms with van der Waals surface area (Å²) in [6.45, 7) is 14.7. The second kappa shape index (κ2) is 7.80. The number of ether oxygens (including phenoxy) is 3. The van der Waals surface area contributed by atoms with Crippen molar-refractivity contribution in [1.82, 2.24) is 14.5 Å². The van der Waals surface area contributed by atoms with Crippen molar-refractivity contribution in [2.45, 2.75) is 53.3 Å². The van der Waals surface area contributed by atoms with Crippen LogP contribution in [0, 0.1) is 0 Å². The summed E-state index contributed by atoms with van der Waals surface area (Å²) >= 11 is 0. The van der Waals surface area contributed by atoms with Crippen LogP contribution in [0.15, 0.2) is 6.58 Å². The number of nitrogens with zero attached hydrogens (tertiary/aromatic N) is 3. The Morgan fingerprint density at radius 1 is 1.15 bits per heavy atom. The van der Waals surface area contributed by atoms with Crippen LogP contribution < -0.4 is 0 Å². The Bertz CT molecular complexity index is 702. The van der Waals surface area contributed by atoms with E-state index in [4.69, 9.17) is 14.2 Å². The van der Waals surface area contributed by atoms with Crippen molar-refractivity contribution in [2.75, 3.05) is 19.8 Å². The molecule has 1 aliphatic rings. The molecule has 8 heteroatoms. The Balaban J connectivity index is 2.35. The molecule has 0 atom stereocenters. The molecule has 1 aromatic heterocycles. The summed E-state index contributed by atoms with van der Waals surface area (Å²) in [4.78, 5) is 30.6. The van der Waals surface area contributed by atoms with Crippen LogP contribution in [0.5, 0.6) is 0 Å². The molecule has 1 aliphatic heterocycles. The van der Waals surface area contributed by atoms with Crippen LogP contribution in [0.3, 0.4) is 0 Å². The molecule has 1 aromatic rings. The second-order valence-electron chi connectivity index (χ2n) is 6.86. The zero-order valence-corrected chi connectivity index (χ0v) is 16.1. The maximum atomic E-state index is 12.4. The Morgan fingerprint density at radius 3 is 2.38 bits per heavy atom. The lowest BCUT2D eigenvalue weighted by molar-refractivity contribution is 0.0194. The largest absolute Gasteiger partial charge is 0.491 e. The van der Waals surface area contributed by atoms with Crippen molar-refractivity contribution in [1.29, 1.82) is 0 Å². The first-order valence-electron chi connectivity index (χ1n) is 8.74. The molecule has 0 spiro atoms. The molecular formula is C18H27N3O5. The first-order valence-corrected chi connectivity index (χ1v) is 8.74. The van der Waals surface area contributed by atoms with Gasteiger partial charge in [-0.05, 0) is 34.6 Å². The summed E-state index contributed by atoms with van der Waals surface area (Å²) in [6.07, 6.45) is -0.426. The van der Waals surface area contributed by atoms with Gasteiger partial charge in [0.05, 0.1) is 25.5 Å². The zero-order valence-electron chi connectivity index (χ0n) is 16.1. The van der Waals surface area contributed by atoms with Gasteiger partial charge in [-0.3, -0.25) is 0 Å². The van der Waals surface area contributed by atoms with Crippen LogP contribution in [0.4, 0.5) is 4.79 Å². The van der Waals surface area contributed by atoms with E-state index in [1.165, 1.54) is 0 Å². The third kappa shape index (κ3) is 4.36. The summed E-state index contributed by atoms with van der Waals surface area (Å²) in [5.41, 5.74) is 0.181. The fourth-order valence-corrected chi connectivity index (χ4v) is 2.66. The molecule has 0 fully saturated rings. The number of fused-ring (bicyclic) bond motifs is 1. The van der Waals surface area contributed by atoms with Gasteiger partial charge >= 0.3 is 12.1 Å². The fourth-order valence-electron chi connectivity index (χ4n) is 2.66. The SMILES string of the molecule is C=C(OCC)c1nc(C(=O)OCC)c2n1CCN(C(=O)OC(C)(C)C)C2. The van der Waals surface area contributed by atoms with Crippen LogP contribution in [-0.4, -0.2) is 51.9 Å². The average molecular weight is 365 g/mol. The number of aromatic nitrogens is 2. The number of hydrogen-bond acceptors (Lipinski definition) is 6. The molecule has 0 N–H and O–H groups in total. The van der Waals surface area contributed by atoms with Gasteiger partial charge in [-0.25, -0.2) is 14.6 Å². The summed E-state index contributed by atoms with van der Waals surface area (Å²) in [7, 11) is 0. The van der Waals surface area contributed by atoms with Crippen molar-refractivity contribution in [3.05, 3.63) is 23.8 Å². The van der Waals surface area contributed by atoms with Crippen molar-refractivity contribution in [3.63, 3.8) is 0 Å².